The van der Waals surface area contributed by atoms with Gasteiger partial charge in [0, 0.05) is 6.07 Å². The lowest BCUT2D eigenvalue weighted by atomic mass is 10.2. The van der Waals surface area contributed by atoms with Gasteiger partial charge in [0.05, 0.1) is 25.1 Å². The Kier molecular flexibility index (Phi) is 2.98. The Hall–Kier alpha value is -2.05. The zero-order valence-electron chi connectivity index (χ0n) is 9.58. The highest BCUT2D eigenvalue weighted by atomic mass is 19.4. The minimum absolute atomic E-state index is 0.116. The van der Waals surface area contributed by atoms with E-state index in [1.165, 1.54) is 20.3 Å². The Labute approximate surface area is 100 Å². The molecule has 0 saturated carbocycles. The number of alkyl halides is 3. The van der Waals surface area contributed by atoms with Gasteiger partial charge in [-0.2, -0.15) is 18.2 Å². The second kappa shape index (κ2) is 4.32. The quantitative estimate of drug-likeness (QED) is 0.830. The topological polar surface area (TPSA) is 44.2 Å². The Morgan fingerprint density at radius 3 is 2.33 bits per heavy atom. The highest BCUT2D eigenvalue weighted by Crippen LogP contribution is 2.32. The number of benzene rings is 1. The van der Waals surface area contributed by atoms with E-state index in [1.54, 1.807) is 12.1 Å². The van der Waals surface area contributed by atoms with Crippen LogP contribution in [0.5, 0.6) is 11.6 Å². The first-order valence-corrected chi connectivity index (χ1v) is 4.92. The first-order valence-electron chi connectivity index (χ1n) is 4.92. The molecule has 0 saturated heterocycles. The molecule has 0 N–H and O–H groups in total. The summed E-state index contributed by atoms with van der Waals surface area (Å²) in [6.45, 7) is 0. The van der Waals surface area contributed by atoms with Crippen LogP contribution >= 0.6 is 0 Å². The SMILES string of the molecule is COc1ccc2c(OC)nc(C(F)(F)F)nc2c1. The van der Waals surface area contributed by atoms with Gasteiger partial charge in [-0.25, -0.2) is 4.98 Å². The van der Waals surface area contributed by atoms with Gasteiger partial charge in [-0.15, -0.1) is 0 Å². The Bertz CT molecular complexity index is 584. The van der Waals surface area contributed by atoms with Gasteiger partial charge in [-0.05, 0) is 12.1 Å². The molecule has 2 rings (SSSR count). The molecule has 0 radical (unpaired) electrons. The van der Waals surface area contributed by atoms with Crippen LogP contribution in [0, 0.1) is 0 Å². The van der Waals surface area contributed by atoms with E-state index in [0.717, 1.165) is 0 Å². The summed E-state index contributed by atoms with van der Waals surface area (Å²) in [5, 5.41) is 0.395. The average Bonchev–Trinajstić information content (AvgIpc) is 2.35. The van der Waals surface area contributed by atoms with E-state index in [9.17, 15) is 13.2 Å². The maximum absolute atomic E-state index is 12.6. The van der Waals surface area contributed by atoms with E-state index in [1.807, 2.05) is 0 Å². The fourth-order valence-corrected chi connectivity index (χ4v) is 1.49. The lowest BCUT2D eigenvalue weighted by Gasteiger charge is -2.10. The molecule has 4 nitrogen and oxygen atoms in total. The van der Waals surface area contributed by atoms with Crippen LogP contribution < -0.4 is 9.47 Å². The third kappa shape index (κ3) is 2.15. The molecule has 18 heavy (non-hydrogen) atoms. The predicted octanol–water partition coefficient (Wildman–Crippen LogP) is 2.67. The van der Waals surface area contributed by atoms with Gasteiger partial charge in [-0.1, -0.05) is 0 Å². The first kappa shape index (κ1) is 12.4. The van der Waals surface area contributed by atoms with E-state index in [-0.39, 0.29) is 11.4 Å². The van der Waals surface area contributed by atoms with Gasteiger partial charge >= 0.3 is 6.18 Å². The molecule has 96 valence electrons. The van der Waals surface area contributed by atoms with Gasteiger partial charge < -0.3 is 9.47 Å². The fourth-order valence-electron chi connectivity index (χ4n) is 1.49. The van der Waals surface area contributed by atoms with Crippen molar-refractivity contribution in [3.05, 3.63) is 24.0 Å². The van der Waals surface area contributed by atoms with Crippen LogP contribution in [0.25, 0.3) is 10.9 Å². The van der Waals surface area contributed by atoms with Crippen molar-refractivity contribution in [1.29, 1.82) is 0 Å². The number of fused-ring (bicyclic) bond motifs is 1. The van der Waals surface area contributed by atoms with E-state index in [2.05, 4.69) is 9.97 Å². The number of halogens is 3. The molecule has 1 aromatic carbocycles. The molecule has 0 aliphatic rings. The van der Waals surface area contributed by atoms with Gasteiger partial charge in [0.1, 0.15) is 5.75 Å². The lowest BCUT2D eigenvalue weighted by Crippen LogP contribution is -2.12. The molecule has 0 fully saturated rings. The zero-order chi connectivity index (χ0) is 13.3. The molecule has 0 unspecified atom stereocenters. The summed E-state index contributed by atoms with van der Waals surface area (Å²) in [5.41, 5.74) is 0.119. The van der Waals surface area contributed by atoms with Crippen molar-refractivity contribution in [3.8, 4) is 11.6 Å². The molecule has 1 heterocycles. The van der Waals surface area contributed by atoms with Gasteiger partial charge in [0.25, 0.3) is 0 Å². The van der Waals surface area contributed by atoms with Crippen LogP contribution in [-0.4, -0.2) is 24.2 Å². The second-order valence-electron chi connectivity index (χ2n) is 3.44. The summed E-state index contributed by atoms with van der Waals surface area (Å²) < 4.78 is 47.6. The van der Waals surface area contributed by atoms with Gasteiger partial charge in [0.2, 0.25) is 11.7 Å². The van der Waals surface area contributed by atoms with Crippen molar-refractivity contribution < 1.29 is 22.6 Å². The number of methoxy groups -OCH3 is 2. The number of hydrogen-bond donors (Lipinski definition) is 0. The summed E-state index contributed by atoms with van der Waals surface area (Å²) >= 11 is 0. The monoisotopic (exact) mass is 258 g/mol. The summed E-state index contributed by atoms with van der Waals surface area (Å²) in [7, 11) is 2.68. The normalized spacial score (nSPS) is 11.6. The maximum atomic E-state index is 12.6. The molecule has 0 spiro atoms. The second-order valence-corrected chi connectivity index (χ2v) is 3.44. The molecule has 0 amide bonds. The molecule has 1 aromatic heterocycles. The standard InChI is InChI=1S/C11H9F3N2O2/c1-17-6-3-4-7-8(5-6)15-10(11(12,13)14)16-9(7)18-2/h3-5H,1-2H3. The van der Waals surface area contributed by atoms with Crippen LogP contribution in [-0.2, 0) is 6.18 Å². The van der Waals surface area contributed by atoms with Crippen LogP contribution in [0.1, 0.15) is 5.82 Å². The number of rotatable bonds is 2. The summed E-state index contributed by atoms with van der Waals surface area (Å²) in [4.78, 5) is 6.81. The lowest BCUT2D eigenvalue weighted by molar-refractivity contribution is -0.144. The minimum atomic E-state index is -4.62. The van der Waals surface area contributed by atoms with Crippen LogP contribution in [0.15, 0.2) is 18.2 Å². The largest absolute Gasteiger partial charge is 0.497 e. The van der Waals surface area contributed by atoms with Crippen molar-refractivity contribution in [2.75, 3.05) is 14.2 Å². The smallest absolute Gasteiger partial charge is 0.451 e. The minimum Gasteiger partial charge on any atom is -0.497 e. The summed E-state index contributed by atoms with van der Waals surface area (Å²) in [6, 6.07) is 4.55. The Morgan fingerprint density at radius 2 is 1.78 bits per heavy atom. The van der Waals surface area contributed by atoms with E-state index < -0.39 is 12.0 Å². The summed E-state index contributed by atoms with van der Waals surface area (Å²) in [5.74, 6) is -0.938. The number of hydrogen-bond acceptors (Lipinski definition) is 4. The summed E-state index contributed by atoms with van der Waals surface area (Å²) in [6.07, 6.45) is -4.62. The van der Waals surface area contributed by atoms with Crippen molar-refractivity contribution in [3.63, 3.8) is 0 Å². The van der Waals surface area contributed by atoms with E-state index in [0.29, 0.717) is 11.1 Å². The Morgan fingerprint density at radius 1 is 1.06 bits per heavy atom. The molecule has 0 atom stereocenters. The molecule has 0 aliphatic heterocycles. The highest BCUT2D eigenvalue weighted by molar-refractivity contribution is 5.84. The van der Waals surface area contributed by atoms with Gasteiger partial charge in [0.15, 0.2) is 0 Å². The van der Waals surface area contributed by atoms with E-state index in [4.69, 9.17) is 9.47 Å². The molecular formula is C11H9F3N2O2. The number of ether oxygens (including phenoxy) is 2. The highest BCUT2D eigenvalue weighted by Gasteiger charge is 2.35. The predicted molar refractivity (Wildman–Crippen MR) is 57.6 cm³/mol. The number of nitrogens with zero attached hydrogens (tertiary/aromatic N) is 2. The van der Waals surface area contributed by atoms with Gasteiger partial charge in [-0.3, -0.25) is 0 Å². The van der Waals surface area contributed by atoms with Crippen molar-refractivity contribution in [1.82, 2.24) is 9.97 Å². The van der Waals surface area contributed by atoms with E-state index >= 15 is 0 Å². The third-order valence-electron chi connectivity index (χ3n) is 2.32. The molecular weight excluding hydrogens is 249 g/mol. The molecule has 2 aromatic rings. The van der Waals surface area contributed by atoms with Crippen LogP contribution in [0.2, 0.25) is 0 Å². The molecule has 0 aliphatic carbocycles. The average molecular weight is 258 g/mol. The molecule has 7 heteroatoms. The van der Waals surface area contributed by atoms with Crippen molar-refractivity contribution in [2.24, 2.45) is 0 Å². The Balaban J connectivity index is 2.72. The van der Waals surface area contributed by atoms with Crippen LogP contribution in [0.4, 0.5) is 13.2 Å². The maximum Gasteiger partial charge on any atom is 0.451 e. The van der Waals surface area contributed by atoms with Crippen molar-refractivity contribution >= 4 is 10.9 Å². The third-order valence-corrected chi connectivity index (χ3v) is 2.32. The molecule has 0 bridgehead atoms. The number of aromatic nitrogens is 2. The van der Waals surface area contributed by atoms with Crippen molar-refractivity contribution in [2.45, 2.75) is 6.18 Å². The first-order chi connectivity index (χ1) is 8.45. The van der Waals surface area contributed by atoms with Crippen LogP contribution in [0.3, 0.4) is 0 Å². The zero-order valence-corrected chi connectivity index (χ0v) is 9.58. The fraction of sp³-hybridized carbons (Fsp3) is 0.273.